The molecule has 1 unspecified atom stereocenters. The molecule has 0 N–H and O–H groups in total. The number of hydrogen-bond donors (Lipinski definition) is 0. The Morgan fingerprint density at radius 2 is 1.69 bits per heavy atom. The molecule has 2 rings (SSSR count). The average Bonchev–Trinajstić information content (AvgIpc) is 2.17. The first kappa shape index (κ1) is 8.52. The molecule has 2 aromatic rings. The second kappa shape index (κ2) is 3.35. The van der Waals surface area contributed by atoms with Crippen molar-refractivity contribution in [3.63, 3.8) is 0 Å². The lowest BCUT2D eigenvalue weighted by Crippen LogP contribution is -1.93. The van der Waals surface area contributed by atoms with E-state index in [9.17, 15) is 4.57 Å². The minimum absolute atomic E-state index is 0.962. The third-order valence-electron chi connectivity index (χ3n) is 2.16. The van der Waals surface area contributed by atoms with Gasteiger partial charge in [-0.25, -0.2) is 0 Å². The summed E-state index contributed by atoms with van der Waals surface area (Å²) in [6.45, 7) is 1.77. The molecular weight excluding hydrogens is 179 g/mol. The van der Waals surface area contributed by atoms with Gasteiger partial charge in [0.25, 0.3) is 0 Å². The van der Waals surface area contributed by atoms with Gasteiger partial charge in [0, 0.05) is 5.30 Å². The Balaban J connectivity index is 2.69. The fraction of sp³-hybridized carbons (Fsp3) is 0.0909. The summed E-state index contributed by atoms with van der Waals surface area (Å²) in [4.78, 5) is 0. The van der Waals surface area contributed by atoms with E-state index in [0.29, 0.717) is 0 Å². The molecule has 0 aromatic heterocycles. The number of hydrogen-bond acceptors (Lipinski definition) is 1. The lowest BCUT2D eigenvalue weighted by atomic mass is 10.1. The number of fused-ring (bicyclic) bond motifs is 1. The first-order valence-electron chi connectivity index (χ1n) is 4.27. The summed E-state index contributed by atoms with van der Waals surface area (Å²) < 4.78 is 11.3. The van der Waals surface area contributed by atoms with Crippen LogP contribution in [0.25, 0.3) is 10.8 Å². The molecule has 1 nitrogen and oxygen atoms in total. The zero-order valence-corrected chi connectivity index (χ0v) is 8.45. The van der Waals surface area contributed by atoms with Gasteiger partial charge in [0.1, 0.15) is 7.80 Å². The lowest BCUT2D eigenvalue weighted by Gasteiger charge is -1.99. The Morgan fingerprint density at radius 3 is 2.38 bits per heavy atom. The standard InChI is InChI=1S/C11H11OP/c1-13(12)11-7-6-9-4-2-3-5-10(9)8-11/h2-8,13H,1H3. The van der Waals surface area contributed by atoms with Crippen LogP contribution in [0.1, 0.15) is 0 Å². The quantitative estimate of drug-likeness (QED) is 0.632. The first-order chi connectivity index (χ1) is 6.27. The van der Waals surface area contributed by atoms with Gasteiger partial charge in [0.2, 0.25) is 0 Å². The van der Waals surface area contributed by atoms with E-state index in [0.717, 1.165) is 5.30 Å². The van der Waals surface area contributed by atoms with Crippen molar-refractivity contribution in [1.29, 1.82) is 0 Å². The van der Waals surface area contributed by atoms with E-state index in [-0.39, 0.29) is 0 Å². The summed E-state index contributed by atoms with van der Waals surface area (Å²) in [6, 6.07) is 14.1. The molecule has 0 fully saturated rings. The van der Waals surface area contributed by atoms with E-state index in [4.69, 9.17) is 0 Å². The normalized spacial score (nSPS) is 13.0. The molecule has 13 heavy (non-hydrogen) atoms. The van der Waals surface area contributed by atoms with E-state index in [1.807, 2.05) is 36.4 Å². The number of rotatable bonds is 1. The maximum absolute atomic E-state index is 11.3. The summed E-state index contributed by atoms with van der Waals surface area (Å²) >= 11 is 0. The molecule has 0 aliphatic carbocycles. The zero-order chi connectivity index (χ0) is 9.26. The van der Waals surface area contributed by atoms with Crippen LogP contribution in [-0.4, -0.2) is 6.66 Å². The van der Waals surface area contributed by atoms with Crippen molar-refractivity contribution in [1.82, 2.24) is 0 Å². The highest BCUT2D eigenvalue weighted by molar-refractivity contribution is 7.52. The summed E-state index contributed by atoms with van der Waals surface area (Å²) in [7, 11) is -1.55. The maximum atomic E-state index is 11.3. The second-order valence-corrected chi connectivity index (χ2v) is 4.81. The maximum Gasteiger partial charge on any atom is 0.101 e. The largest absolute Gasteiger partial charge is 0.322 e. The van der Waals surface area contributed by atoms with Crippen molar-refractivity contribution in [3.05, 3.63) is 42.5 Å². The zero-order valence-electron chi connectivity index (χ0n) is 7.45. The summed E-state index contributed by atoms with van der Waals surface area (Å²) in [6.07, 6.45) is 0. The van der Waals surface area contributed by atoms with Crippen molar-refractivity contribution in [2.45, 2.75) is 0 Å². The lowest BCUT2D eigenvalue weighted by molar-refractivity contribution is 0.596. The Kier molecular flexibility index (Phi) is 2.20. The molecule has 2 aromatic carbocycles. The van der Waals surface area contributed by atoms with Gasteiger partial charge < -0.3 is 4.57 Å². The van der Waals surface area contributed by atoms with Gasteiger partial charge in [-0.15, -0.1) is 0 Å². The van der Waals surface area contributed by atoms with Gasteiger partial charge >= 0.3 is 0 Å². The van der Waals surface area contributed by atoms with Crippen LogP contribution in [0.2, 0.25) is 0 Å². The molecule has 2 heteroatoms. The highest BCUT2D eigenvalue weighted by Gasteiger charge is 1.97. The highest BCUT2D eigenvalue weighted by Crippen LogP contribution is 2.18. The molecule has 0 radical (unpaired) electrons. The predicted octanol–water partition coefficient (Wildman–Crippen LogP) is 2.65. The Morgan fingerprint density at radius 1 is 1.00 bits per heavy atom. The monoisotopic (exact) mass is 190 g/mol. The van der Waals surface area contributed by atoms with E-state index in [2.05, 4.69) is 6.07 Å². The summed E-state index contributed by atoms with van der Waals surface area (Å²) in [5.74, 6) is 0. The van der Waals surface area contributed by atoms with Gasteiger partial charge in [-0.3, -0.25) is 0 Å². The van der Waals surface area contributed by atoms with Gasteiger partial charge in [-0.2, -0.15) is 0 Å². The summed E-state index contributed by atoms with van der Waals surface area (Å²) in [5.41, 5.74) is 0. The van der Waals surface area contributed by atoms with E-state index < -0.39 is 7.80 Å². The van der Waals surface area contributed by atoms with E-state index >= 15 is 0 Å². The smallest absolute Gasteiger partial charge is 0.101 e. The molecule has 0 aliphatic heterocycles. The fourth-order valence-electron chi connectivity index (χ4n) is 1.41. The SMILES string of the molecule is C[PH](=O)c1ccc2ccccc2c1. The second-order valence-electron chi connectivity index (χ2n) is 3.12. The first-order valence-corrected chi connectivity index (χ1v) is 6.18. The van der Waals surface area contributed by atoms with Crippen LogP contribution in [0.5, 0.6) is 0 Å². The van der Waals surface area contributed by atoms with Crippen molar-refractivity contribution >= 4 is 23.9 Å². The fourth-order valence-corrected chi connectivity index (χ4v) is 2.09. The molecule has 0 amide bonds. The predicted molar refractivity (Wildman–Crippen MR) is 58.5 cm³/mol. The molecule has 0 spiro atoms. The summed E-state index contributed by atoms with van der Waals surface area (Å²) in [5, 5.41) is 3.33. The Labute approximate surface area is 78.2 Å². The molecule has 0 heterocycles. The minimum atomic E-state index is -1.55. The van der Waals surface area contributed by atoms with Crippen LogP contribution in [0.3, 0.4) is 0 Å². The van der Waals surface area contributed by atoms with Crippen LogP contribution in [0, 0.1) is 0 Å². The molecule has 66 valence electrons. The number of benzene rings is 2. The van der Waals surface area contributed by atoms with Gasteiger partial charge in [-0.05, 0) is 23.5 Å². The van der Waals surface area contributed by atoms with E-state index in [1.54, 1.807) is 6.66 Å². The topological polar surface area (TPSA) is 17.1 Å². The molecule has 0 saturated heterocycles. The Hall–Kier alpha value is -1.07. The third-order valence-corrected chi connectivity index (χ3v) is 3.28. The third kappa shape index (κ3) is 1.66. The molecule has 0 aliphatic rings. The van der Waals surface area contributed by atoms with Crippen LogP contribution in [-0.2, 0) is 4.57 Å². The molecule has 0 saturated carbocycles. The van der Waals surface area contributed by atoms with Crippen LogP contribution >= 0.6 is 7.80 Å². The van der Waals surface area contributed by atoms with Crippen molar-refractivity contribution in [2.75, 3.05) is 6.66 Å². The van der Waals surface area contributed by atoms with Crippen LogP contribution in [0.4, 0.5) is 0 Å². The van der Waals surface area contributed by atoms with Gasteiger partial charge in [-0.1, -0.05) is 36.4 Å². The van der Waals surface area contributed by atoms with Crippen LogP contribution < -0.4 is 5.30 Å². The van der Waals surface area contributed by atoms with E-state index in [1.165, 1.54) is 10.8 Å². The molecular formula is C11H11OP. The van der Waals surface area contributed by atoms with Crippen LogP contribution in [0.15, 0.2) is 42.5 Å². The van der Waals surface area contributed by atoms with Gasteiger partial charge in [0.05, 0.1) is 0 Å². The van der Waals surface area contributed by atoms with Crippen molar-refractivity contribution in [3.8, 4) is 0 Å². The Bertz CT molecular complexity index is 462. The van der Waals surface area contributed by atoms with Crippen molar-refractivity contribution < 1.29 is 4.57 Å². The molecule has 1 atom stereocenters. The molecule has 0 bridgehead atoms. The highest BCUT2D eigenvalue weighted by atomic mass is 31.1. The van der Waals surface area contributed by atoms with Gasteiger partial charge in [0.15, 0.2) is 0 Å². The van der Waals surface area contributed by atoms with Crippen molar-refractivity contribution in [2.24, 2.45) is 0 Å². The minimum Gasteiger partial charge on any atom is -0.322 e. The average molecular weight is 190 g/mol.